The highest BCUT2D eigenvalue weighted by Crippen LogP contribution is 2.39. The number of anilines is 1. The Bertz CT molecular complexity index is 2490. The van der Waals surface area contributed by atoms with Crippen LogP contribution in [0.25, 0.3) is 17.1 Å². The van der Waals surface area contributed by atoms with Crippen molar-refractivity contribution in [3.05, 3.63) is 82.7 Å². The van der Waals surface area contributed by atoms with Gasteiger partial charge in [0.2, 0.25) is 23.5 Å². The molecule has 65 heavy (non-hydrogen) atoms. The summed E-state index contributed by atoms with van der Waals surface area (Å²) in [6.07, 6.45) is 2.66. The molecule has 0 saturated carbocycles. The molecule has 18 heteroatoms. The average Bonchev–Trinajstić information content (AvgIpc) is 3.88. The van der Waals surface area contributed by atoms with Gasteiger partial charge in [-0.05, 0) is 105 Å². The molecule has 1 unspecified atom stereocenters. The number of benzene rings is 3. The molecule has 8 rings (SSSR count). The number of imide groups is 1. The molecule has 3 aromatic carbocycles. The number of aromatic hydroxyl groups is 2. The lowest BCUT2D eigenvalue weighted by molar-refractivity contribution is -0.139. The lowest BCUT2D eigenvalue weighted by Gasteiger charge is -2.37. The van der Waals surface area contributed by atoms with Crippen molar-refractivity contribution in [1.82, 2.24) is 40.1 Å². The van der Waals surface area contributed by atoms with Gasteiger partial charge in [0.05, 0.1) is 12.2 Å². The highest BCUT2D eigenvalue weighted by atomic mass is 16.5. The van der Waals surface area contributed by atoms with Gasteiger partial charge in [-0.1, -0.05) is 32.0 Å². The summed E-state index contributed by atoms with van der Waals surface area (Å²) < 4.78 is 7.22. The molecule has 0 aliphatic carbocycles. The normalized spacial score (nSPS) is 18.5. The van der Waals surface area contributed by atoms with Gasteiger partial charge in [-0.3, -0.25) is 44.1 Å². The second-order valence-corrected chi connectivity index (χ2v) is 17.6. The Morgan fingerprint density at radius 3 is 2.32 bits per heavy atom. The van der Waals surface area contributed by atoms with Gasteiger partial charge < -0.3 is 30.1 Å². The van der Waals surface area contributed by atoms with E-state index >= 15 is 0 Å². The molecule has 5 heterocycles. The minimum Gasteiger partial charge on any atom is -0.508 e. The predicted octanol–water partition coefficient (Wildman–Crippen LogP) is 4.68. The number of piperidine rings is 3. The number of hydrogen-bond acceptors (Lipinski definition) is 12. The fraction of sp³-hybridized carbons (Fsp3) is 0.447. The Labute approximate surface area is 376 Å². The maximum absolute atomic E-state index is 13.6. The largest absolute Gasteiger partial charge is 0.508 e. The highest BCUT2D eigenvalue weighted by Gasteiger charge is 2.40. The molecular formula is C47H55N9O9. The molecule has 0 bridgehead atoms. The van der Waals surface area contributed by atoms with Crippen molar-refractivity contribution in [3.8, 4) is 28.6 Å². The third kappa shape index (κ3) is 9.53. The summed E-state index contributed by atoms with van der Waals surface area (Å²) in [5.74, 6) is -1.32. The van der Waals surface area contributed by atoms with Crippen molar-refractivity contribution in [2.45, 2.75) is 84.3 Å². The summed E-state index contributed by atoms with van der Waals surface area (Å²) in [4.78, 5) is 82.6. The van der Waals surface area contributed by atoms with Crippen LogP contribution in [0.4, 0.5) is 10.5 Å². The van der Waals surface area contributed by atoms with E-state index < -0.39 is 23.9 Å². The molecule has 4 aliphatic rings. The SMILES string of the molecule is CCNC(=O)c1nnc(-c2cc(C(C)C)c(O)cc2O)n1-c1ccc(CN2CCC(C(=O)N3CCC(COC(=O)Nc4cccc5c4CN(C4CCC(=O)NC4=O)C5=O)CC3)CC2)cc1. The van der Waals surface area contributed by atoms with Gasteiger partial charge in [0.25, 0.3) is 11.8 Å². The smallest absolute Gasteiger partial charge is 0.411 e. The van der Waals surface area contributed by atoms with Gasteiger partial charge in [0.1, 0.15) is 17.5 Å². The molecule has 0 radical (unpaired) electrons. The fourth-order valence-corrected chi connectivity index (χ4v) is 9.29. The first-order valence-corrected chi connectivity index (χ1v) is 22.4. The Hall–Kier alpha value is -6.82. The average molecular weight is 890 g/mol. The maximum atomic E-state index is 13.6. The zero-order valence-electron chi connectivity index (χ0n) is 36.8. The Morgan fingerprint density at radius 2 is 1.63 bits per heavy atom. The molecule has 4 aliphatic heterocycles. The number of phenolic OH excluding ortho intramolecular Hbond substituents is 2. The van der Waals surface area contributed by atoms with E-state index in [1.54, 1.807) is 28.8 Å². The minimum absolute atomic E-state index is 0.0271. The zero-order valence-corrected chi connectivity index (χ0v) is 36.8. The van der Waals surface area contributed by atoms with Crippen molar-refractivity contribution < 1.29 is 43.7 Å². The molecule has 3 fully saturated rings. The number of carbonyl (C=O) groups excluding carboxylic acids is 6. The number of aromatic nitrogens is 3. The van der Waals surface area contributed by atoms with Crippen LogP contribution in [0.3, 0.4) is 0 Å². The number of nitrogens with zero attached hydrogens (tertiary/aromatic N) is 6. The van der Waals surface area contributed by atoms with Gasteiger partial charge in [-0.25, -0.2) is 4.79 Å². The topological polar surface area (TPSA) is 229 Å². The summed E-state index contributed by atoms with van der Waals surface area (Å²) >= 11 is 0. The first-order chi connectivity index (χ1) is 31.3. The molecular weight excluding hydrogens is 835 g/mol. The summed E-state index contributed by atoms with van der Waals surface area (Å²) in [7, 11) is 0. The molecule has 1 aromatic heterocycles. The molecule has 4 aromatic rings. The fourth-order valence-electron chi connectivity index (χ4n) is 9.29. The van der Waals surface area contributed by atoms with Crippen LogP contribution in [0.15, 0.2) is 54.6 Å². The molecule has 342 valence electrons. The standard InChI is InChI=1S/C47H55N9O9/c1-4-48-44(61)42-52-51-41(34-22-33(27(2)3)38(57)23-39(34)58)56(42)31-10-8-28(9-11-31)24-53-18-16-30(17-19-53)45(62)54-20-14-29(15-21-54)26-65-47(64)49-36-7-5-6-32-35(36)25-55(46(32)63)37-12-13-40(59)50-43(37)60/h5-11,22-23,27,29-30,37,57-58H,4,12-21,24-26H2,1-3H3,(H,48,61)(H,49,64)(H,50,59,60). The number of carbonyl (C=O) groups is 6. The highest BCUT2D eigenvalue weighted by molar-refractivity contribution is 6.06. The number of hydrogen-bond donors (Lipinski definition) is 5. The Morgan fingerprint density at radius 1 is 0.892 bits per heavy atom. The molecule has 18 nitrogen and oxygen atoms in total. The van der Waals surface area contributed by atoms with E-state index in [-0.39, 0.29) is 84.6 Å². The van der Waals surface area contributed by atoms with Crippen LogP contribution >= 0.6 is 0 Å². The van der Waals surface area contributed by atoms with E-state index in [9.17, 15) is 39.0 Å². The lowest BCUT2D eigenvalue weighted by Crippen LogP contribution is -2.52. The number of fused-ring (bicyclic) bond motifs is 1. The van der Waals surface area contributed by atoms with Crippen LogP contribution in [-0.4, -0.2) is 121 Å². The summed E-state index contributed by atoms with van der Waals surface area (Å²) in [6, 6.07) is 15.0. The third-order valence-corrected chi connectivity index (χ3v) is 12.9. The lowest BCUT2D eigenvalue weighted by atomic mass is 9.92. The number of amides is 6. The number of ether oxygens (including phenoxy) is 1. The van der Waals surface area contributed by atoms with E-state index in [0.29, 0.717) is 72.6 Å². The molecule has 1 atom stereocenters. The van der Waals surface area contributed by atoms with E-state index in [1.165, 1.54) is 11.0 Å². The predicted molar refractivity (Wildman–Crippen MR) is 237 cm³/mol. The second kappa shape index (κ2) is 19.1. The van der Waals surface area contributed by atoms with Gasteiger partial charge in [0, 0.05) is 73.6 Å². The van der Waals surface area contributed by atoms with Crippen LogP contribution in [0.5, 0.6) is 11.5 Å². The van der Waals surface area contributed by atoms with Crippen molar-refractivity contribution >= 4 is 41.3 Å². The minimum atomic E-state index is -0.758. The summed E-state index contributed by atoms with van der Waals surface area (Å²) in [6.45, 7) is 9.78. The van der Waals surface area contributed by atoms with Crippen LogP contribution in [0, 0.1) is 11.8 Å². The number of phenols is 2. The van der Waals surface area contributed by atoms with Crippen molar-refractivity contribution in [2.75, 3.05) is 44.6 Å². The van der Waals surface area contributed by atoms with E-state index in [0.717, 1.165) is 31.5 Å². The van der Waals surface area contributed by atoms with Crippen molar-refractivity contribution in [3.63, 3.8) is 0 Å². The summed E-state index contributed by atoms with van der Waals surface area (Å²) in [5, 5.41) is 37.7. The number of likely N-dealkylation sites (tertiary alicyclic amines) is 2. The Balaban J connectivity index is 0.801. The quantitative estimate of drug-likeness (QED) is 0.122. The monoisotopic (exact) mass is 889 g/mol. The number of rotatable bonds is 12. The first kappa shape index (κ1) is 44.8. The second-order valence-electron chi connectivity index (χ2n) is 17.6. The van der Waals surface area contributed by atoms with Crippen molar-refractivity contribution in [2.24, 2.45) is 11.8 Å². The van der Waals surface area contributed by atoms with Crippen LogP contribution in [0.2, 0.25) is 0 Å². The third-order valence-electron chi connectivity index (χ3n) is 12.9. The Kier molecular flexibility index (Phi) is 13.2. The molecule has 5 N–H and O–H groups in total. The molecule has 3 saturated heterocycles. The van der Waals surface area contributed by atoms with Crippen LogP contribution in [0.1, 0.15) is 103 Å². The zero-order chi connectivity index (χ0) is 45.9. The van der Waals surface area contributed by atoms with Crippen molar-refractivity contribution in [1.29, 1.82) is 0 Å². The van der Waals surface area contributed by atoms with E-state index in [1.807, 2.05) is 49.9 Å². The van der Waals surface area contributed by atoms with Crippen LogP contribution < -0.4 is 16.0 Å². The summed E-state index contributed by atoms with van der Waals surface area (Å²) in [5.41, 5.74) is 4.07. The maximum Gasteiger partial charge on any atom is 0.411 e. The molecule has 6 amide bonds. The van der Waals surface area contributed by atoms with Crippen LogP contribution in [-0.2, 0) is 32.2 Å². The van der Waals surface area contributed by atoms with E-state index in [4.69, 9.17) is 4.74 Å². The number of nitrogens with one attached hydrogen (secondary N) is 3. The van der Waals surface area contributed by atoms with Gasteiger partial charge in [0.15, 0.2) is 5.82 Å². The van der Waals surface area contributed by atoms with Gasteiger partial charge in [-0.15, -0.1) is 10.2 Å². The van der Waals surface area contributed by atoms with E-state index in [2.05, 4.69) is 31.0 Å². The van der Waals surface area contributed by atoms with Gasteiger partial charge >= 0.3 is 6.09 Å². The van der Waals surface area contributed by atoms with Gasteiger partial charge in [-0.2, -0.15) is 0 Å². The molecule has 0 spiro atoms. The first-order valence-electron chi connectivity index (χ1n) is 22.4.